The first-order valence-electron chi connectivity index (χ1n) is 6.89. The van der Waals surface area contributed by atoms with Crippen LogP contribution < -0.4 is 11.2 Å². The quantitative estimate of drug-likeness (QED) is 0.847. The van der Waals surface area contributed by atoms with Gasteiger partial charge in [-0.15, -0.1) is 0 Å². The molecule has 3 rings (SSSR count). The van der Waals surface area contributed by atoms with Crippen LogP contribution in [0.2, 0.25) is 5.15 Å². The first-order valence-corrected chi connectivity index (χ1v) is 7.26. The van der Waals surface area contributed by atoms with Crippen molar-refractivity contribution >= 4 is 11.6 Å². The van der Waals surface area contributed by atoms with Crippen LogP contribution in [0.25, 0.3) is 0 Å². The van der Waals surface area contributed by atoms with Crippen LogP contribution in [0.5, 0.6) is 0 Å². The summed E-state index contributed by atoms with van der Waals surface area (Å²) < 4.78 is 1.37. The van der Waals surface area contributed by atoms with Gasteiger partial charge in [-0.25, -0.2) is 4.79 Å². The van der Waals surface area contributed by atoms with Crippen LogP contribution in [0, 0.1) is 0 Å². The number of nitrogens with one attached hydrogen (secondary N) is 1. The number of halogens is 1. The van der Waals surface area contributed by atoms with Gasteiger partial charge in [-0.2, -0.15) is 0 Å². The van der Waals surface area contributed by atoms with Gasteiger partial charge in [0.2, 0.25) is 0 Å². The van der Waals surface area contributed by atoms with Crippen molar-refractivity contribution in [1.82, 2.24) is 14.5 Å². The van der Waals surface area contributed by atoms with Gasteiger partial charge < -0.3 is 0 Å². The van der Waals surface area contributed by atoms with Gasteiger partial charge in [-0.1, -0.05) is 18.5 Å². The molecule has 1 unspecified atom stereocenters. The summed E-state index contributed by atoms with van der Waals surface area (Å²) in [4.78, 5) is 29.3. The van der Waals surface area contributed by atoms with E-state index in [9.17, 15) is 9.59 Å². The van der Waals surface area contributed by atoms with Crippen molar-refractivity contribution in [3.63, 3.8) is 0 Å². The molecule has 1 aliphatic carbocycles. The monoisotopic (exact) mass is 283 g/mol. The van der Waals surface area contributed by atoms with E-state index in [0.717, 1.165) is 19.5 Å². The second-order valence-electron chi connectivity index (χ2n) is 5.42. The van der Waals surface area contributed by atoms with Crippen LogP contribution in [-0.4, -0.2) is 33.6 Å². The summed E-state index contributed by atoms with van der Waals surface area (Å²) in [6.45, 7) is 3.65. The van der Waals surface area contributed by atoms with E-state index in [1.165, 1.54) is 17.4 Å². The van der Waals surface area contributed by atoms with Gasteiger partial charge in [0.1, 0.15) is 5.15 Å². The fourth-order valence-corrected chi connectivity index (χ4v) is 3.24. The van der Waals surface area contributed by atoms with Crippen molar-refractivity contribution in [2.75, 3.05) is 13.1 Å². The predicted octanol–water partition coefficient (Wildman–Crippen LogP) is 1.16. The maximum atomic E-state index is 12.4. The lowest BCUT2D eigenvalue weighted by Gasteiger charge is -2.16. The minimum Gasteiger partial charge on any atom is -0.298 e. The molecule has 5 nitrogen and oxygen atoms in total. The molecule has 0 amide bonds. The van der Waals surface area contributed by atoms with Crippen LogP contribution in [0.4, 0.5) is 0 Å². The van der Waals surface area contributed by atoms with Gasteiger partial charge in [0, 0.05) is 19.1 Å². The molecule has 1 saturated heterocycles. The highest BCUT2D eigenvalue weighted by molar-refractivity contribution is 6.30. The first-order chi connectivity index (χ1) is 9.11. The molecule has 1 aliphatic heterocycles. The van der Waals surface area contributed by atoms with Crippen LogP contribution in [-0.2, 0) is 6.42 Å². The number of hydrogen-bond donors (Lipinski definition) is 1. The molecule has 1 aromatic heterocycles. The number of aromatic amines is 1. The lowest BCUT2D eigenvalue weighted by atomic mass is 10.2. The molecule has 1 N–H and O–H groups in total. The second-order valence-corrected chi connectivity index (χ2v) is 5.80. The third-order valence-corrected chi connectivity index (χ3v) is 4.48. The number of rotatable bonds is 3. The maximum absolute atomic E-state index is 12.4. The first kappa shape index (κ1) is 12.9. The third kappa shape index (κ3) is 2.25. The van der Waals surface area contributed by atoms with Crippen LogP contribution in [0.3, 0.4) is 0 Å². The maximum Gasteiger partial charge on any atom is 0.329 e. The molecule has 0 radical (unpaired) electrons. The molecule has 0 spiro atoms. The van der Waals surface area contributed by atoms with Gasteiger partial charge in [0.05, 0.1) is 11.6 Å². The molecule has 1 aromatic rings. The van der Waals surface area contributed by atoms with E-state index in [2.05, 4.69) is 9.88 Å². The molecule has 104 valence electrons. The van der Waals surface area contributed by atoms with Crippen molar-refractivity contribution in [2.45, 2.75) is 44.7 Å². The summed E-state index contributed by atoms with van der Waals surface area (Å²) in [5.41, 5.74) is -0.0973. The summed E-state index contributed by atoms with van der Waals surface area (Å²) in [6.07, 6.45) is 3.90. The highest BCUT2D eigenvalue weighted by Gasteiger charge is 2.36. The van der Waals surface area contributed by atoms with Crippen molar-refractivity contribution in [2.24, 2.45) is 0 Å². The zero-order chi connectivity index (χ0) is 13.6. The number of likely N-dealkylation sites (tertiary alicyclic amines) is 1. The van der Waals surface area contributed by atoms with Crippen LogP contribution >= 0.6 is 11.6 Å². The minimum absolute atomic E-state index is 0.0144. The average Bonchev–Trinajstić information content (AvgIpc) is 3.10. The zero-order valence-corrected chi connectivity index (χ0v) is 11.7. The molecule has 2 fully saturated rings. The van der Waals surface area contributed by atoms with Crippen molar-refractivity contribution in [3.8, 4) is 0 Å². The normalized spacial score (nSPS) is 24.0. The van der Waals surface area contributed by atoms with Gasteiger partial charge in [0.25, 0.3) is 5.56 Å². The Kier molecular flexibility index (Phi) is 3.27. The van der Waals surface area contributed by atoms with Gasteiger partial charge in [-0.05, 0) is 25.7 Å². The fourth-order valence-electron chi connectivity index (χ4n) is 2.95. The molecular weight excluding hydrogens is 266 g/mol. The standard InChI is InChI=1S/C13H18ClN3O2/c1-2-10-11(14)15-13(19)17(12(10)18)9-5-6-16(7-9)8-3-4-8/h8-9H,2-7H2,1H3,(H,15,19). The van der Waals surface area contributed by atoms with Crippen LogP contribution in [0.1, 0.15) is 37.8 Å². The molecule has 2 aliphatic rings. The average molecular weight is 284 g/mol. The molecule has 0 aromatic carbocycles. The molecule has 0 bridgehead atoms. The summed E-state index contributed by atoms with van der Waals surface area (Å²) in [6, 6.07) is 0.664. The Morgan fingerprint density at radius 3 is 2.63 bits per heavy atom. The topological polar surface area (TPSA) is 58.1 Å². The largest absolute Gasteiger partial charge is 0.329 e. The Morgan fingerprint density at radius 1 is 1.26 bits per heavy atom. The molecule has 1 atom stereocenters. The van der Waals surface area contributed by atoms with Gasteiger partial charge in [0.15, 0.2) is 0 Å². The number of aromatic nitrogens is 2. The van der Waals surface area contributed by atoms with Crippen LogP contribution in [0.15, 0.2) is 9.59 Å². The van der Waals surface area contributed by atoms with E-state index in [1.54, 1.807) is 0 Å². The summed E-state index contributed by atoms with van der Waals surface area (Å²) in [5.74, 6) is 0. The van der Waals surface area contributed by atoms with E-state index >= 15 is 0 Å². The SMILES string of the molecule is CCc1c(Cl)[nH]c(=O)n(C2CCN(C3CC3)C2)c1=O. The molecule has 2 heterocycles. The summed E-state index contributed by atoms with van der Waals surface area (Å²) in [7, 11) is 0. The fraction of sp³-hybridized carbons (Fsp3) is 0.692. The lowest BCUT2D eigenvalue weighted by molar-refractivity contribution is 0.310. The van der Waals surface area contributed by atoms with Crippen molar-refractivity contribution in [3.05, 3.63) is 31.6 Å². The molecular formula is C13H18ClN3O2. The highest BCUT2D eigenvalue weighted by atomic mass is 35.5. The second kappa shape index (κ2) is 4.80. The Bertz CT molecular complexity index is 603. The van der Waals surface area contributed by atoms with E-state index in [4.69, 9.17) is 11.6 Å². The number of nitrogens with zero attached hydrogens (tertiary/aromatic N) is 2. The smallest absolute Gasteiger partial charge is 0.298 e. The Hall–Kier alpha value is -1.07. The number of hydrogen-bond acceptors (Lipinski definition) is 3. The van der Waals surface area contributed by atoms with E-state index in [1.807, 2.05) is 6.92 Å². The highest BCUT2D eigenvalue weighted by Crippen LogP contribution is 2.32. The van der Waals surface area contributed by atoms with E-state index in [0.29, 0.717) is 18.0 Å². The Morgan fingerprint density at radius 2 is 2.00 bits per heavy atom. The summed E-state index contributed by atoms with van der Waals surface area (Å²) in [5, 5.41) is 0.186. The Labute approximate surface area is 116 Å². The van der Waals surface area contributed by atoms with Gasteiger partial charge in [-0.3, -0.25) is 19.2 Å². The molecule has 19 heavy (non-hydrogen) atoms. The predicted molar refractivity (Wildman–Crippen MR) is 74.0 cm³/mol. The lowest BCUT2D eigenvalue weighted by Crippen LogP contribution is -2.41. The summed E-state index contributed by atoms with van der Waals surface area (Å²) >= 11 is 5.92. The van der Waals surface area contributed by atoms with E-state index < -0.39 is 0 Å². The van der Waals surface area contributed by atoms with E-state index in [-0.39, 0.29) is 22.4 Å². The van der Waals surface area contributed by atoms with Gasteiger partial charge >= 0.3 is 5.69 Å². The molecule has 6 heteroatoms. The van der Waals surface area contributed by atoms with Crippen molar-refractivity contribution < 1.29 is 0 Å². The minimum atomic E-state index is -0.380. The molecule has 1 saturated carbocycles. The Balaban J connectivity index is 1.96. The zero-order valence-electron chi connectivity index (χ0n) is 11.0. The van der Waals surface area contributed by atoms with Crippen molar-refractivity contribution in [1.29, 1.82) is 0 Å². The number of H-pyrrole nitrogens is 1. The third-order valence-electron chi connectivity index (χ3n) is 4.15.